The van der Waals surface area contributed by atoms with Crippen molar-refractivity contribution in [1.29, 1.82) is 0 Å². The molecule has 0 spiro atoms. The van der Waals surface area contributed by atoms with E-state index in [4.69, 9.17) is 13.8 Å². The summed E-state index contributed by atoms with van der Waals surface area (Å²) >= 11 is 0. The molecule has 1 aliphatic heterocycles. The summed E-state index contributed by atoms with van der Waals surface area (Å²) in [6.07, 6.45) is 3.24. The van der Waals surface area contributed by atoms with Crippen LogP contribution in [0.1, 0.15) is 23.7 Å². The number of carbonyl (C=O) groups excluding carboxylic acids is 2. The highest BCUT2D eigenvalue weighted by Crippen LogP contribution is 2.48. The van der Waals surface area contributed by atoms with Gasteiger partial charge in [-0.1, -0.05) is 12.1 Å². The van der Waals surface area contributed by atoms with Crippen molar-refractivity contribution >= 4 is 25.2 Å². The van der Waals surface area contributed by atoms with E-state index in [1.165, 1.54) is 68.4 Å². The Hall–Kier alpha value is -2.81. The zero-order chi connectivity index (χ0) is 21.6. The number of allylic oxidation sites excluding steroid dienone is 1. The van der Waals surface area contributed by atoms with Crippen molar-refractivity contribution in [3.8, 4) is 0 Å². The zero-order valence-electron chi connectivity index (χ0n) is 16.1. The van der Waals surface area contributed by atoms with Gasteiger partial charge in [-0.3, -0.25) is 24.3 Å². The number of nitrogens with zero attached hydrogens (tertiary/aromatic N) is 2. The van der Waals surface area contributed by atoms with Crippen LogP contribution in [-0.2, 0) is 23.1 Å². The number of nitro groups is 1. The van der Waals surface area contributed by atoms with E-state index >= 15 is 0 Å². The molecule has 1 aromatic carbocycles. The van der Waals surface area contributed by atoms with Crippen LogP contribution >= 0.6 is 7.60 Å². The highest BCUT2D eigenvalue weighted by atomic mass is 31.2. The van der Waals surface area contributed by atoms with Gasteiger partial charge in [-0.25, -0.2) is 0 Å². The number of para-hydroxylation sites is 1. The monoisotopic (exact) mass is 424 g/mol. The van der Waals surface area contributed by atoms with Gasteiger partial charge in [-0.15, -0.1) is 0 Å². The number of esters is 1. The Kier molecular flexibility index (Phi) is 7.44. The summed E-state index contributed by atoms with van der Waals surface area (Å²) in [4.78, 5) is 36.1. The summed E-state index contributed by atoms with van der Waals surface area (Å²) in [5.41, 5.74) is 0.166. The van der Waals surface area contributed by atoms with Crippen molar-refractivity contribution in [2.45, 2.75) is 19.4 Å². The Bertz CT molecular complexity index is 903. The predicted octanol–water partition coefficient (Wildman–Crippen LogP) is 3.26. The van der Waals surface area contributed by atoms with E-state index in [0.717, 1.165) is 0 Å². The second-order valence-electron chi connectivity index (χ2n) is 6.07. The smallest absolute Gasteiger partial charge is 0.353 e. The molecule has 0 saturated heterocycles. The molecule has 0 aromatic heterocycles. The number of benzene rings is 1. The van der Waals surface area contributed by atoms with Crippen LogP contribution in [0.2, 0.25) is 0 Å². The molecule has 29 heavy (non-hydrogen) atoms. The highest BCUT2D eigenvalue weighted by molar-refractivity contribution is 7.57. The van der Waals surface area contributed by atoms with Crippen molar-refractivity contribution in [1.82, 2.24) is 4.90 Å². The first-order valence-corrected chi connectivity index (χ1v) is 10.1. The fourth-order valence-electron chi connectivity index (χ4n) is 2.73. The molecule has 0 aliphatic carbocycles. The highest BCUT2D eigenvalue weighted by Gasteiger charge is 2.33. The third-order valence-corrected chi connectivity index (χ3v) is 5.73. The molecule has 10 nitrogen and oxygen atoms in total. The normalized spacial score (nSPS) is 16.7. The zero-order valence-corrected chi connectivity index (χ0v) is 17.0. The van der Waals surface area contributed by atoms with Crippen LogP contribution in [-0.4, -0.2) is 48.6 Å². The molecule has 0 N–H and O–H groups in total. The molecule has 0 radical (unpaired) electrons. The predicted molar refractivity (Wildman–Crippen MR) is 103 cm³/mol. The lowest BCUT2D eigenvalue weighted by Crippen LogP contribution is -2.36. The molecule has 0 bridgehead atoms. The molecule has 1 unspecified atom stereocenters. The fourth-order valence-corrected chi connectivity index (χ4v) is 3.50. The van der Waals surface area contributed by atoms with Crippen LogP contribution < -0.4 is 0 Å². The number of amides is 1. The topological polar surface area (TPSA) is 125 Å². The average Bonchev–Trinajstić information content (AvgIpc) is 3.13. The van der Waals surface area contributed by atoms with Gasteiger partial charge < -0.3 is 18.7 Å². The van der Waals surface area contributed by atoms with Gasteiger partial charge in [-0.05, 0) is 24.1 Å². The third-order valence-electron chi connectivity index (χ3n) is 4.19. The number of rotatable bonds is 8. The van der Waals surface area contributed by atoms with Crippen molar-refractivity contribution in [2.75, 3.05) is 20.8 Å². The summed E-state index contributed by atoms with van der Waals surface area (Å²) in [6.45, 7) is 1.15. The molecule has 1 amide bonds. The minimum atomic E-state index is -3.41. The second kappa shape index (κ2) is 9.60. The molecule has 1 heterocycles. The maximum Gasteiger partial charge on any atom is 0.353 e. The molecular weight excluding hydrogens is 403 g/mol. The first-order chi connectivity index (χ1) is 13.7. The van der Waals surface area contributed by atoms with Gasteiger partial charge in [0.2, 0.25) is 0 Å². The van der Waals surface area contributed by atoms with E-state index in [9.17, 15) is 24.3 Å². The summed E-state index contributed by atoms with van der Waals surface area (Å²) in [7, 11) is -0.923. The van der Waals surface area contributed by atoms with Crippen molar-refractivity contribution in [2.24, 2.45) is 0 Å². The largest absolute Gasteiger partial charge is 0.464 e. The van der Waals surface area contributed by atoms with E-state index in [2.05, 4.69) is 0 Å². The van der Waals surface area contributed by atoms with E-state index < -0.39 is 30.4 Å². The van der Waals surface area contributed by atoms with Crippen molar-refractivity contribution in [3.05, 3.63) is 63.6 Å². The Balaban J connectivity index is 2.36. The molecule has 1 aliphatic rings. The Morgan fingerprint density at radius 3 is 2.55 bits per heavy atom. The van der Waals surface area contributed by atoms with Crippen LogP contribution in [0.25, 0.3) is 0 Å². The maximum atomic E-state index is 13.0. The molecular formula is C18H21N2O8P. The van der Waals surface area contributed by atoms with E-state index in [-0.39, 0.29) is 24.3 Å². The number of nitro benzene ring substituents is 1. The first-order valence-electron chi connectivity index (χ1n) is 8.51. The molecule has 0 fully saturated rings. The Labute approximate surface area is 167 Å². The van der Waals surface area contributed by atoms with Crippen LogP contribution in [0.4, 0.5) is 5.69 Å². The fraction of sp³-hybridized carbons (Fsp3) is 0.333. The second-order valence-corrected chi connectivity index (χ2v) is 8.18. The molecule has 2 rings (SSSR count). The molecule has 156 valence electrons. The SMILES string of the molecule is COP(=O)(/C=C/C1=CN(C(=O)c2ccccc2[N+](=O)[O-])C(COC(C)=O)C1)OC. The lowest BCUT2D eigenvalue weighted by molar-refractivity contribution is -0.385. The van der Waals surface area contributed by atoms with Gasteiger partial charge in [0.25, 0.3) is 11.6 Å². The summed E-state index contributed by atoms with van der Waals surface area (Å²) in [5.74, 6) is 0.121. The van der Waals surface area contributed by atoms with Gasteiger partial charge in [0.05, 0.1) is 11.0 Å². The minimum absolute atomic E-state index is 0.0914. The number of hydrogen-bond donors (Lipinski definition) is 0. The lowest BCUT2D eigenvalue weighted by atomic mass is 10.1. The Morgan fingerprint density at radius 1 is 1.31 bits per heavy atom. The molecule has 1 atom stereocenters. The molecule has 1 aromatic rings. The van der Waals surface area contributed by atoms with Gasteiger partial charge >= 0.3 is 13.6 Å². The Morgan fingerprint density at radius 2 is 1.97 bits per heavy atom. The molecule has 11 heteroatoms. The average molecular weight is 424 g/mol. The summed E-state index contributed by atoms with van der Waals surface area (Å²) < 4.78 is 26.9. The van der Waals surface area contributed by atoms with Crippen LogP contribution in [0.15, 0.2) is 47.9 Å². The first kappa shape index (κ1) is 22.5. The van der Waals surface area contributed by atoms with E-state index in [1.807, 2.05) is 0 Å². The van der Waals surface area contributed by atoms with Crippen molar-refractivity contribution in [3.63, 3.8) is 0 Å². The standard InChI is InChI=1S/C18H21N2O8P/c1-13(21)28-12-15-10-14(8-9-29(25,26-2)27-3)11-19(15)18(22)16-6-4-5-7-17(16)20(23)24/h4-9,11,15H,10,12H2,1-3H3/b9-8+. The molecule has 0 saturated carbocycles. The number of hydrogen-bond acceptors (Lipinski definition) is 8. The van der Waals surface area contributed by atoms with Gasteiger partial charge in [-0.2, -0.15) is 0 Å². The summed E-state index contributed by atoms with van der Waals surface area (Å²) in [6, 6.07) is 5.01. The van der Waals surface area contributed by atoms with Gasteiger partial charge in [0, 0.05) is 39.2 Å². The number of ether oxygens (including phenoxy) is 1. The van der Waals surface area contributed by atoms with Gasteiger partial charge in [0.15, 0.2) is 0 Å². The van der Waals surface area contributed by atoms with E-state index in [1.54, 1.807) is 0 Å². The lowest BCUT2D eigenvalue weighted by Gasteiger charge is -2.23. The third kappa shape index (κ3) is 5.60. The van der Waals surface area contributed by atoms with E-state index in [0.29, 0.717) is 5.57 Å². The summed E-state index contributed by atoms with van der Waals surface area (Å²) in [5, 5.41) is 11.3. The van der Waals surface area contributed by atoms with Crippen LogP contribution in [0.3, 0.4) is 0 Å². The van der Waals surface area contributed by atoms with Gasteiger partial charge in [0.1, 0.15) is 12.2 Å². The quantitative estimate of drug-likeness (QED) is 0.269. The van der Waals surface area contributed by atoms with Crippen LogP contribution in [0, 0.1) is 10.1 Å². The van der Waals surface area contributed by atoms with Crippen molar-refractivity contribution < 1.29 is 32.9 Å². The number of carbonyl (C=O) groups is 2. The maximum absolute atomic E-state index is 13.0. The van der Waals surface area contributed by atoms with Crippen LogP contribution in [0.5, 0.6) is 0 Å². The minimum Gasteiger partial charge on any atom is -0.464 e.